The number of nitrogens with zero attached hydrogens (tertiary/aromatic N) is 1. The molecule has 0 saturated heterocycles. The molecule has 0 radical (unpaired) electrons. The molecule has 0 fully saturated rings. The first kappa shape index (κ1) is 11.6. The second kappa shape index (κ2) is 4.97. The number of anilines is 1. The van der Waals surface area contributed by atoms with E-state index in [4.69, 9.17) is 0 Å². The Balaban J connectivity index is 2.11. The molecule has 84 valence electrons. The van der Waals surface area contributed by atoms with E-state index >= 15 is 0 Å². The van der Waals surface area contributed by atoms with E-state index in [0.29, 0.717) is 0 Å². The first-order chi connectivity index (χ1) is 7.68. The lowest BCUT2D eigenvalue weighted by atomic mass is 10.2. The maximum absolute atomic E-state index is 4.31. The van der Waals surface area contributed by atoms with Crippen LogP contribution >= 0.6 is 27.3 Å². The average molecular weight is 297 g/mol. The van der Waals surface area contributed by atoms with Crippen LogP contribution in [0, 0.1) is 13.8 Å². The second-order valence-corrected chi connectivity index (χ2v) is 5.26. The Hall–Kier alpha value is -0.870. The summed E-state index contributed by atoms with van der Waals surface area (Å²) in [5, 5.41) is 7.68. The van der Waals surface area contributed by atoms with E-state index in [0.717, 1.165) is 16.8 Å². The van der Waals surface area contributed by atoms with Gasteiger partial charge in [0.15, 0.2) is 0 Å². The van der Waals surface area contributed by atoms with Crippen LogP contribution in [0.25, 0.3) is 0 Å². The minimum atomic E-state index is 0.824. The first-order valence-corrected chi connectivity index (χ1v) is 6.78. The molecule has 0 aliphatic carbocycles. The minimum Gasteiger partial charge on any atom is -0.365 e. The van der Waals surface area contributed by atoms with Crippen molar-refractivity contribution in [3.05, 3.63) is 44.2 Å². The lowest BCUT2D eigenvalue weighted by Gasteiger charge is -2.08. The van der Waals surface area contributed by atoms with E-state index in [-0.39, 0.29) is 0 Å². The summed E-state index contributed by atoms with van der Waals surface area (Å²) >= 11 is 5.28. The standard InChI is InChI=1S/C12H13BrN2S/c1-8-3-4-14-12(11(8)13)15-5-10-7-16-6-9(10)2/h3-4,6-7H,5H2,1-2H3,(H,14,15). The molecule has 0 amide bonds. The van der Waals surface area contributed by atoms with Gasteiger partial charge >= 0.3 is 0 Å². The molecule has 2 nitrogen and oxygen atoms in total. The number of rotatable bonds is 3. The van der Waals surface area contributed by atoms with Crippen LogP contribution in [-0.2, 0) is 6.54 Å². The molecule has 2 aromatic heterocycles. The van der Waals surface area contributed by atoms with Crippen molar-refractivity contribution in [2.45, 2.75) is 20.4 Å². The number of aromatic nitrogens is 1. The summed E-state index contributed by atoms with van der Waals surface area (Å²) in [4.78, 5) is 4.31. The van der Waals surface area contributed by atoms with E-state index in [1.165, 1.54) is 16.7 Å². The van der Waals surface area contributed by atoms with Crippen molar-refractivity contribution in [1.29, 1.82) is 0 Å². The van der Waals surface area contributed by atoms with Gasteiger partial charge in [-0.2, -0.15) is 11.3 Å². The van der Waals surface area contributed by atoms with E-state index in [1.807, 2.05) is 12.3 Å². The lowest BCUT2D eigenvalue weighted by molar-refractivity contribution is 1.09. The van der Waals surface area contributed by atoms with Gasteiger partial charge in [0.2, 0.25) is 0 Å². The van der Waals surface area contributed by atoms with Gasteiger partial charge < -0.3 is 5.32 Å². The molecule has 2 aromatic rings. The van der Waals surface area contributed by atoms with Gasteiger partial charge in [-0.05, 0) is 63.3 Å². The van der Waals surface area contributed by atoms with Gasteiger partial charge in [0.05, 0.1) is 4.47 Å². The Morgan fingerprint density at radius 3 is 2.81 bits per heavy atom. The zero-order valence-electron chi connectivity index (χ0n) is 9.25. The second-order valence-electron chi connectivity index (χ2n) is 3.72. The van der Waals surface area contributed by atoms with Gasteiger partial charge in [-0.1, -0.05) is 0 Å². The topological polar surface area (TPSA) is 24.9 Å². The summed E-state index contributed by atoms with van der Waals surface area (Å²) in [6.07, 6.45) is 1.82. The molecular weight excluding hydrogens is 284 g/mol. The van der Waals surface area contributed by atoms with Gasteiger partial charge in [0, 0.05) is 12.7 Å². The molecule has 0 saturated carbocycles. The van der Waals surface area contributed by atoms with Gasteiger partial charge in [-0.3, -0.25) is 0 Å². The maximum atomic E-state index is 4.31. The maximum Gasteiger partial charge on any atom is 0.140 e. The first-order valence-electron chi connectivity index (χ1n) is 5.05. The van der Waals surface area contributed by atoms with Gasteiger partial charge in [0.1, 0.15) is 5.82 Å². The van der Waals surface area contributed by atoms with E-state index in [2.05, 4.69) is 50.8 Å². The van der Waals surface area contributed by atoms with Crippen LogP contribution in [0.2, 0.25) is 0 Å². The number of hydrogen-bond donors (Lipinski definition) is 1. The summed E-state index contributed by atoms with van der Waals surface area (Å²) in [6, 6.07) is 1.99. The fraction of sp³-hybridized carbons (Fsp3) is 0.250. The highest BCUT2D eigenvalue weighted by Crippen LogP contribution is 2.24. The number of pyridine rings is 1. The lowest BCUT2D eigenvalue weighted by Crippen LogP contribution is -2.02. The van der Waals surface area contributed by atoms with Crippen molar-refractivity contribution >= 4 is 33.1 Å². The smallest absolute Gasteiger partial charge is 0.140 e. The largest absolute Gasteiger partial charge is 0.365 e. The Morgan fingerprint density at radius 1 is 1.31 bits per heavy atom. The average Bonchev–Trinajstić information content (AvgIpc) is 2.67. The van der Waals surface area contributed by atoms with Gasteiger partial charge in [-0.25, -0.2) is 4.98 Å². The predicted molar refractivity (Wildman–Crippen MR) is 73.1 cm³/mol. The van der Waals surface area contributed by atoms with E-state index < -0.39 is 0 Å². The third-order valence-corrected chi connectivity index (χ3v) is 4.40. The fourth-order valence-corrected chi connectivity index (χ4v) is 2.64. The molecule has 4 heteroatoms. The SMILES string of the molecule is Cc1cscc1CNc1nccc(C)c1Br. The Bertz CT molecular complexity index is 494. The highest BCUT2D eigenvalue weighted by Gasteiger charge is 2.04. The molecule has 2 heterocycles. The monoisotopic (exact) mass is 296 g/mol. The summed E-state index contributed by atoms with van der Waals surface area (Å²) in [6.45, 7) is 5.02. The molecule has 0 bridgehead atoms. The molecule has 0 spiro atoms. The highest BCUT2D eigenvalue weighted by atomic mass is 79.9. The van der Waals surface area contributed by atoms with E-state index in [9.17, 15) is 0 Å². The van der Waals surface area contributed by atoms with Gasteiger partial charge in [0.25, 0.3) is 0 Å². The summed E-state index contributed by atoms with van der Waals surface area (Å²) < 4.78 is 1.04. The van der Waals surface area contributed by atoms with Crippen LogP contribution in [0.3, 0.4) is 0 Å². The van der Waals surface area contributed by atoms with Crippen LogP contribution in [0.5, 0.6) is 0 Å². The van der Waals surface area contributed by atoms with Crippen molar-refractivity contribution in [3.8, 4) is 0 Å². The zero-order chi connectivity index (χ0) is 11.5. The third kappa shape index (κ3) is 2.44. The minimum absolute atomic E-state index is 0.824. The predicted octanol–water partition coefficient (Wildman–Crippen LogP) is 4.13. The molecule has 1 N–H and O–H groups in total. The van der Waals surface area contributed by atoms with Crippen molar-refractivity contribution < 1.29 is 0 Å². The Morgan fingerprint density at radius 2 is 2.12 bits per heavy atom. The third-order valence-electron chi connectivity index (χ3n) is 2.49. The molecule has 0 atom stereocenters. The molecule has 0 unspecified atom stereocenters. The highest BCUT2D eigenvalue weighted by molar-refractivity contribution is 9.10. The van der Waals surface area contributed by atoms with Crippen LogP contribution in [0.1, 0.15) is 16.7 Å². The van der Waals surface area contributed by atoms with Gasteiger partial charge in [-0.15, -0.1) is 0 Å². The molecule has 16 heavy (non-hydrogen) atoms. The van der Waals surface area contributed by atoms with E-state index in [1.54, 1.807) is 11.3 Å². The van der Waals surface area contributed by atoms with Crippen LogP contribution in [0.15, 0.2) is 27.5 Å². The summed E-state index contributed by atoms with van der Waals surface area (Å²) in [7, 11) is 0. The van der Waals surface area contributed by atoms with Crippen molar-refractivity contribution in [2.75, 3.05) is 5.32 Å². The van der Waals surface area contributed by atoms with Crippen molar-refractivity contribution in [1.82, 2.24) is 4.98 Å². The molecular formula is C12H13BrN2S. The summed E-state index contributed by atoms with van der Waals surface area (Å²) in [5.41, 5.74) is 3.86. The van der Waals surface area contributed by atoms with Crippen molar-refractivity contribution in [3.63, 3.8) is 0 Å². The number of aryl methyl sites for hydroxylation is 2. The molecule has 0 aromatic carbocycles. The van der Waals surface area contributed by atoms with Crippen LogP contribution in [-0.4, -0.2) is 4.98 Å². The Kier molecular flexibility index (Phi) is 3.61. The zero-order valence-corrected chi connectivity index (χ0v) is 11.7. The molecule has 0 aliphatic rings. The normalized spacial score (nSPS) is 10.4. The number of halogens is 1. The molecule has 0 aliphatic heterocycles. The quantitative estimate of drug-likeness (QED) is 0.921. The fourth-order valence-electron chi connectivity index (χ4n) is 1.41. The Labute approximate surface area is 108 Å². The van der Waals surface area contributed by atoms with Crippen molar-refractivity contribution in [2.24, 2.45) is 0 Å². The van der Waals surface area contributed by atoms with Crippen LogP contribution in [0.4, 0.5) is 5.82 Å². The summed E-state index contributed by atoms with van der Waals surface area (Å²) in [5.74, 6) is 0.908. The number of hydrogen-bond acceptors (Lipinski definition) is 3. The molecule has 2 rings (SSSR count). The van der Waals surface area contributed by atoms with Crippen LogP contribution < -0.4 is 5.32 Å². The number of nitrogens with one attached hydrogen (secondary N) is 1. The number of thiophene rings is 1.